The van der Waals surface area contributed by atoms with Crippen LogP contribution in [0.25, 0.3) is 11.4 Å². The molecule has 1 aliphatic heterocycles. The van der Waals surface area contributed by atoms with Crippen LogP contribution in [0.4, 0.5) is 5.82 Å². The van der Waals surface area contributed by atoms with E-state index >= 15 is 0 Å². The van der Waals surface area contributed by atoms with Crippen LogP contribution in [-0.2, 0) is 6.42 Å². The lowest BCUT2D eigenvalue weighted by Crippen LogP contribution is -2.16. The average Bonchev–Trinajstić information content (AvgIpc) is 2.39. The molecule has 0 atom stereocenters. The summed E-state index contributed by atoms with van der Waals surface area (Å²) in [6, 6.07) is 9.95. The summed E-state index contributed by atoms with van der Waals surface area (Å²) in [6.45, 7) is 0.966. The van der Waals surface area contributed by atoms with Crippen LogP contribution in [0.15, 0.2) is 30.3 Å². The highest BCUT2D eigenvalue weighted by molar-refractivity contribution is 5.55. The molecule has 0 aliphatic carbocycles. The highest BCUT2D eigenvalue weighted by Crippen LogP contribution is 2.20. The van der Waals surface area contributed by atoms with Gasteiger partial charge in [-0.15, -0.1) is 10.2 Å². The standard InChI is InChI=1S/C12H12N4/c1-2-5-9(6-3-1)11-14-10-7-4-8-13-12(10)16-15-11/h1-3,5-6H,4,7-8H2,(H,13,16). The summed E-state index contributed by atoms with van der Waals surface area (Å²) < 4.78 is 0. The molecule has 0 radical (unpaired) electrons. The maximum Gasteiger partial charge on any atom is 0.182 e. The normalized spacial score (nSPS) is 14.0. The number of aromatic nitrogens is 3. The van der Waals surface area contributed by atoms with Gasteiger partial charge in [-0.25, -0.2) is 4.98 Å². The van der Waals surface area contributed by atoms with Gasteiger partial charge in [-0.05, 0) is 12.8 Å². The topological polar surface area (TPSA) is 50.7 Å². The van der Waals surface area contributed by atoms with Crippen molar-refractivity contribution in [3.63, 3.8) is 0 Å². The second-order valence-electron chi connectivity index (χ2n) is 3.83. The smallest absolute Gasteiger partial charge is 0.182 e. The monoisotopic (exact) mass is 212 g/mol. The minimum absolute atomic E-state index is 0.711. The molecule has 3 rings (SSSR count). The van der Waals surface area contributed by atoms with Crippen molar-refractivity contribution >= 4 is 5.82 Å². The van der Waals surface area contributed by atoms with Gasteiger partial charge in [0, 0.05) is 12.1 Å². The van der Waals surface area contributed by atoms with Crippen LogP contribution < -0.4 is 5.32 Å². The lowest BCUT2D eigenvalue weighted by Gasteiger charge is -2.15. The number of hydrogen-bond acceptors (Lipinski definition) is 4. The van der Waals surface area contributed by atoms with E-state index in [2.05, 4.69) is 20.5 Å². The van der Waals surface area contributed by atoms with Gasteiger partial charge in [-0.1, -0.05) is 30.3 Å². The third-order valence-corrected chi connectivity index (χ3v) is 2.67. The van der Waals surface area contributed by atoms with Crippen molar-refractivity contribution in [2.45, 2.75) is 12.8 Å². The Morgan fingerprint density at radius 2 is 1.94 bits per heavy atom. The number of anilines is 1. The molecule has 1 aliphatic rings. The maximum absolute atomic E-state index is 4.55. The lowest BCUT2D eigenvalue weighted by atomic mass is 10.1. The van der Waals surface area contributed by atoms with Crippen molar-refractivity contribution in [2.75, 3.05) is 11.9 Å². The van der Waals surface area contributed by atoms with E-state index in [-0.39, 0.29) is 0 Å². The van der Waals surface area contributed by atoms with Crippen LogP contribution in [0.3, 0.4) is 0 Å². The Kier molecular flexibility index (Phi) is 2.25. The Balaban J connectivity index is 2.03. The molecule has 4 heteroatoms. The Hall–Kier alpha value is -1.97. The fourth-order valence-electron chi connectivity index (χ4n) is 1.84. The number of rotatable bonds is 1. The molecule has 16 heavy (non-hydrogen) atoms. The van der Waals surface area contributed by atoms with E-state index in [1.165, 1.54) is 0 Å². The number of nitrogens with zero attached hydrogens (tertiary/aromatic N) is 3. The van der Waals surface area contributed by atoms with E-state index in [0.29, 0.717) is 5.82 Å². The van der Waals surface area contributed by atoms with Crippen LogP contribution >= 0.6 is 0 Å². The Morgan fingerprint density at radius 1 is 1.06 bits per heavy atom. The minimum Gasteiger partial charge on any atom is -0.367 e. The molecular formula is C12H12N4. The van der Waals surface area contributed by atoms with E-state index in [1.54, 1.807) is 0 Å². The lowest BCUT2D eigenvalue weighted by molar-refractivity contribution is 0.767. The van der Waals surface area contributed by atoms with Crippen LogP contribution in [0, 0.1) is 0 Å². The van der Waals surface area contributed by atoms with E-state index in [9.17, 15) is 0 Å². The van der Waals surface area contributed by atoms with Gasteiger partial charge in [0.05, 0.1) is 5.69 Å². The molecule has 1 aromatic heterocycles. The third kappa shape index (κ3) is 1.62. The first-order valence-corrected chi connectivity index (χ1v) is 5.46. The second-order valence-corrected chi connectivity index (χ2v) is 3.83. The van der Waals surface area contributed by atoms with E-state index in [0.717, 1.165) is 36.5 Å². The Bertz CT molecular complexity index is 496. The molecule has 1 aromatic carbocycles. The van der Waals surface area contributed by atoms with Crippen molar-refractivity contribution in [3.8, 4) is 11.4 Å². The van der Waals surface area contributed by atoms with Gasteiger partial charge < -0.3 is 5.32 Å². The number of fused-ring (bicyclic) bond motifs is 1. The summed E-state index contributed by atoms with van der Waals surface area (Å²) in [5, 5.41) is 11.5. The number of nitrogens with one attached hydrogen (secondary N) is 1. The van der Waals surface area contributed by atoms with Gasteiger partial charge in [0.2, 0.25) is 0 Å². The summed E-state index contributed by atoms with van der Waals surface area (Å²) in [4.78, 5) is 4.55. The highest BCUT2D eigenvalue weighted by Gasteiger charge is 2.13. The van der Waals surface area contributed by atoms with Crippen molar-refractivity contribution in [1.29, 1.82) is 0 Å². The zero-order valence-electron chi connectivity index (χ0n) is 8.85. The van der Waals surface area contributed by atoms with Gasteiger partial charge in [0.25, 0.3) is 0 Å². The molecule has 80 valence electrons. The number of benzene rings is 1. The fraction of sp³-hybridized carbons (Fsp3) is 0.250. The molecule has 0 saturated heterocycles. The number of hydrogen-bond donors (Lipinski definition) is 1. The molecule has 2 aromatic rings. The predicted octanol–water partition coefficient (Wildman–Crippen LogP) is 1.90. The molecule has 0 bridgehead atoms. The summed E-state index contributed by atoms with van der Waals surface area (Å²) in [5.74, 6) is 1.55. The third-order valence-electron chi connectivity index (χ3n) is 2.67. The minimum atomic E-state index is 0.711. The molecule has 0 amide bonds. The molecule has 0 fully saturated rings. The first-order chi connectivity index (χ1) is 7.93. The largest absolute Gasteiger partial charge is 0.367 e. The van der Waals surface area contributed by atoms with E-state index < -0.39 is 0 Å². The molecule has 0 unspecified atom stereocenters. The van der Waals surface area contributed by atoms with Crippen molar-refractivity contribution < 1.29 is 0 Å². The first-order valence-electron chi connectivity index (χ1n) is 5.46. The second kappa shape index (κ2) is 3.89. The van der Waals surface area contributed by atoms with Crippen molar-refractivity contribution in [1.82, 2.24) is 15.2 Å². The van der Waals surface area contributed by atoms with Crippen LogP contribution in [0.5, 0.6) is 0 Å². The van der Waals surface area contributed by atoms with Crippen LogP contribution in [0.2, 0.25) is 0 Å². The number of aryl methyl sites for hydroxylation is 1. The molecule has 0 saturated carbocycles. The fourth-order valence-corrected chi connectivity index (χ4v) is 1.84. The Morgan fingerprint density at radius 3 is 2.81 bits per heavy atom. The average molecular weight is 212 g/mol. The van der Waals surface area contributed by atoms with Crippen LogP contribution in [-0.4, -0.2) is 21.7 Å². The summed E-state index contributed by atoms with van der Waals surface area (Å²) in [6.07, 6.45) is 2.09. The predicted molar refractivity (Wildman–Crippen MR) is 62.1 cm³/mol. The maximum atomic E-state index is 4.55. The summed E-state index contributed by atoms with van der Waals surface area (Å²) >= 11 is 0. The Labute approximate surface area is 93.8 Å². The summed E-state index contributed by atoms with van der Waals surface area (Å²) in [7, 11) is 0. The van der Waals surface area contributed by atoms with Gasteiger partial charge in [-0.2, -0.15) is 0 Å². The quantitative estimate of drug-likeness (QED) is 0.784. The molecular weight excluding hydrogens is 200 g/mol. The van der Waals surface area contributed by atoms with Crippen LogP contribution in [0.1, 0.15) is 12.1 Å². The van der Waals surface area contributed by atoms with Crippen molar-refractivity contribution in [2.24, 2.45) is 0 Å². The van der Waals surface area contributed by atoms with Gasteiger partial charge in [0.15, 0.2) is 11.6 Å². The molecule has 1 N–H and O–H groups in total. The highest BCUT2D eigenvalue weighted by atomic mass is 15.2. The van der Waals surface area contributed by atoms with Gasteiger partial charge in [-0.3, -0.25) is 0 Å². The van der Waals surface area contributed by atoms with E-state index in [1.807, 2.05) is 30.3 Å². The zero-order chi connectivity index (χ0) is 10.8. The molecule has 4 nitrogen and oxygen atoms in total. The SMILES string of the molecule is c1ccc(-c2nnc3c(n2)CCCN3)cc1. The van der Waals surface area contributed by atoms with E-state index in [4.69, 9.17) is 0 Å². The first kappa shape index (κ1) is 9.27. The zero-order valence-corrected chi connectivity index (χ0v) is 8.85. The molecule has 0 spiro atoms. The van der Waals surface area contributed by atoms with Gasteiger partial charge in [0.1, 0.15) is 0 Å². The van der Waals surface area contributed by atoms with Crippen molar-refractivity contribution in [3.05, 3.63) is 36.0 Å². The summed E-state index contributed by atoms with van der Waals surface area (Å²) in [5.41, 5.74) is 2.04. The van der Waals surface area contributed by atoms with Gasteiger partial charge >= 0.3 is 0 Å². The molecule has 2 heterocycles.